The Bertz CT molecular complexity index is 731. The monoisotopic (exact) mass is 316 g/mol. The lowest BCUT2D eigenvalue weighted by Crippen LogP contribution is -2.18. The van der Waals surface area contributed by atoms with Crippen LogP contribution in [0.25, 0.3) is 11.3 Å². The molecule has 1 aliphatic rings. The second-order valence-corrected chi connectivity index (χ2v) is 7.85. The number of benzene rings is 1. The van der Waals surface area contributed by atoms with E-state index in [1.165, 1.54) is 37.8 Å². The number of nitrogens with zero attached hydrogens (tertiary/aromatic N) is 2. The van der Waals surface area contributed by atoms with Crippen molar-refractivity contribution in [1.29, 1.82) is 0 Å². The molecular formula is C17H20N2O2S. The van der Waals surface area contributed by atoms with Gasteiger partial charge in [0.1, 0.15) is 0 Å². The van der Waals surface area contributed by atoms with E-state index < -0.39 is 9.84 Å². The van der Waals surface area contributed by atoms with Gasteiger partial charge in [0.05, 0.1) is 10.6 Å². The predicted molar refractivity (Wildman–Crippen MR) is 87.3 cm³/mol. The Balaban J connectivity index is 1.74. The third-order valence-electron chi connectivity index (χ3n) is 4.01. The first-order valence-corrected chi connectivity index (χ1v) is 9.39. The molecule has 0 N–H and O–H groups in total. The average Bonchev–Trinajstić information content (AvgIpc) is 3.00. The third-order valence-corrected chi connectivity index (χ3v) is 5.14. The van der Waals surface area contributed by atoms with E-state index in [-0.39, 0.29) is 0 Å². The zero-order chi connectivity index (χ0) is 15.6. The molecule has 2 heterocycles. The van der Waals surface area contributed by atoms with Crippen molar-refractivity contribution in [2.24, 2.45) is 0 Å². The zero-order valence-corrected chi connectivity index (χ0v) is 13.5. The summed E-state index contributed by atoms with van der Waals surface area (Å²) in [5, 5.41) is 0. The molecule has 0 radical (unpaired) electrons. The molecule has 1 aromatic heterocycles. The van der Waals surface area contributed by atoms with E-state index in [4.69, 9.17) is 0 Å². The topological polar surface area (TPSA) is 50.3 Å². The van der Waals surface area contributed by atoms with Crippen molar-refractivity contribution < 1.29 is 8.42 Å². The summed E-state index contributed by atoms with van der Waals surface area (Å²) in [5.41, 5.74) is 3.02. The fourth-order valence-corrected chi connectivity index (χ4v) is 3.39. The number of hydrogen-bond acceptors (Lipinski definition) is 4. The maximum atomic E-state index is 11.5. The van der Waals surface area contributed by atoms with Crippen LogP contribution in [-0.2, 0) is 16.4 Å². The Morgan fingerprint density at radius 3 is 2.27 bits per heavy atom. The van der Waals surface area contributed by atoms with E-state index in [1.54, 1.807) is 24.3 Å². The van der Waals surface area contributed by atoms with Gasteiger partial charge in [0.2, 0.25) is 0 Å². The molecule has 0 aliphatic carbocycles. The Labute approximate surface area is 131 Å². The van der Waals surface area contributed by atoms with Gasteiger partial charge in [0.25, 0.3) is 0 Å². The van der Waals surface area contributed by atoms with Crippen LogP contribution in [0.4, 0.5) is 0 Å². The van der Waals surface area contributed by atoms with Gasteiger partial charge in [0.15, 0.2) is 9.84 Å². The molecular weight excluding hydrogens is 296 g/mol. The molecule has 3 rings (SSSR count). The first kappa shape index (κ1) is 15.2. The maximum absolute atomic E-state index is 11.5. The highest BCUT2D eigenvalue weighted by Gasteiger charge is 2.12. The minimum absolute atomic E-state index is 0.335. The molecule has 0 bridgehead atoms. The van der Waals surface area contributed by atoms with Gasteiger partial charge in [-0.25, -0.2) is 8.42 Å². The molecule has 0 atom stereocenters. The van der Waals surface area contributed by atoms with Crippen LogP contribution in [0.3, 0.4) is 0 Å². The van der Waals surface area contributed by atoms with Gasteiger partial charge in [-0.3, -0.25) is 9.88 Å². The second-order valence-electron chi connectivity index (χ2n) is 5.83. The fourth-order valence-electron chi connectivity index (χ4n) is 2.76. The standard InChI is InChI=1S/C17H20N2O2S/c1-22(20,21)16-7-5-15(6-8-16)17-9-4-14(12-18-17)13-19-10-2-3-11-19/h4-9,12H,2-3,10-11,13H2,1H3. The van der Waals surface area contributed by atoms with Crippen molar-refractivity contribution in [3.05, 3.63) is 48.2 Å². The van der Waals surface area contributed by atoms with Crippen molar-refractivity contribution in [2.75, 3.05) is 19.3 Å². The summed E-state index contributed by atoms with van der Waals surface area (Å²) in [6.45, 7) is 3.31. The third kappa shape index (κ3) is 3.54. The Kier molecular flexibility index (Phi) is 4.27. The molecule has 116 valence electrons. The van der Waals surface area contributed by atoms with Gasteiger partial charge in [-0.15, -0.1) is 0 Å². The van der Waals surface area contributed by atoms with Gasteiger partial charge in [-0.05, 0) is 49.7 Å². The average molecular weight is 316 g/mol. The molecule has 1 fully saturated rings. The van der Waals surface area contributed by atoms with Crippen LogP contribution in [0, 0.1) is 0 Å². The van der Waals surface area contributed by atoms with Crippen LogP contribution in [0.1, 0.15) is 18.4 Å². The minimum atomic E-state index is -3.15. The van der Waals surface area contributed by atoms with Crippen LogP contribution in [0.5, 0.6) is 0 Å². The van der Waals surface area contributed by atoms with E-state index in [1.807, 2.05) is 12.3 Å². The van der Waals surface area contributed by atoms with Crippen LogP contribution in [0.2, 0.25) is 0 Å². The number of pyridine rings is 1. The summed E-state index contributed by atoms with van der Waals surface area (Å²) < 4.78 is 22.9. The second kappa shape index (κ2) is 6.18. The van der Waals surface area contributed by atoms with E-state index in [0.29, 0.717) is 4.90 Å². The summed E-state index contributed by atoms with van der Waals surface area (Å²) in [6.07, 6.45) is 5.71. The van der Waals surface area contributed by atoms with E-state index in [2.05, 4.69) is 16.0 Å². The fraction of sp³-hybridized carbons (Fsp3) is 0.353. The van der Waals surface area contributed by atoms with Gasteiger partial charge >= 0.3 is 0 Å². The molecule has 0 unspecified atom stereocenters. The highest BCUT2D eigenvalue weighted by molar-refractivity contribution is 7.90. The summed E-state index contributed by atoms with van der Waals surface area (Å²) in [5.74, 6) is 0. The van der Waals surface area contributed by atoms with Crippen LogP contribution >= 0.6 is 0 Å². The molecule has 2 aromatic rings. The first-order chi connectivity index (χ1) is 10.5. The molecule has 0 amide bonds. The molecule has 1 aliphatic heterocycles. The predicted octanol–water partition coefficient (Wildman–Crippen LogP) is 2.75. The van der Waals surface area contributed by atoms with E-state index >= 15 is 0 Å². The molecule has 1 aromatic carbocycles. The van der Waals surface area contributed by atoms with E-state index in [0.717, 1.165) is 17.8 Å². The Morgan fingerprint density at radius 1 is 1.05 bits per heavy atom. The molecule has 0 saturated carbocycles. The molecule has 22 heavy (non-hydrogen) atoms. The number of rotatable bonds is 4. The lowest BCUT2D eigenvalue weighted by atomic mass is 10.1. The summed E-state index contributed by atoms with van der Waals surface area (Å²) >= 11 is 0. The normalized spacial score (nSPS) is 16.0. The minimum Gasteiger partial charge on any atom is -0.299 e. The molecule has 4 nitrogen and oxygen atoms in total. The van der Waals surface area contributed by atoms with Crippen molar-refractivity contribution in [3.8, 4) is 11.3 Å². The van der Waals surface area contributed by atoms with Gasteiger partial charge in [-0.2, -0.15) is 0 Å². The van der Waals surface area contributed by atoms with Gasteiger partial charge < -0.3 is 0 Å². The lowest BCUT2D eigenvalue weighted by molar-refractivity contribution is 0.331. The van der Waals surface area contributed by atoms with Crippen molar-refractivity contribution >= 4 is 9.84 Å². The summed E-state index contributed by atoms with van der Waals surface area (Å²) in [7, 11) is -3.15. The summed E-state index contributed by atoms with van der Waals surface area (Å²) in [4.78, 5) is 7.28. The van der Waals surface area contributed by atoms with Crippen molar-refractivity contribution in [3.63, 3.8) is 0 Å². The largest absolute Gasteiger partial charge is 0.299 e. The maximum Gasteiger partial charge on any atom is 0.175 e. The van der Waals surface area contributed by atoms with E-state index in [9.17, 15) is 8.42 Å². The molecule has 1 saturated heterocycles. The van der Waals surface area contributed by atoms with Crippen LogP contribution in [-0.4, -0.2) is 37.6 Å². The Morgan fingerprint density at radius 2 is 1.73 bits per heavy atom. The number of likely N-dealkylation sites (tertiary alicyclic amines) is 1. The number of aromatic nitrogens is 1. The SMILES string of the molecule is CS(=O)(=O)c1ccc(-c2ccc(CN3CCCC3)cn2)cc1. The van der Waals surface area contributed by atoms with Crippen LogP contribution < -0.4 is 0 Å². The number of hydrogen-bond donors (Lipinski definition) is 0. The van der Waals surface area contributed by atoms with Crippen molar-refractivity contribution in [2.45, 2.75) is 24.3 Å². The zero-order valence-electron chi connectivity index (χ0n) is 12.7. The quantitative estimate of drug-likeness (QED) is 0.870. The summed E-state index contributed by atoms with van der Waals surface area (Å²) in [6, 6.07) is 11.0. The van der Waals surface area contributed by atoms with Crippen LogP contribution in [0.15, 0.2) is 47.5 Å². The highest BCUT2D eigenvalue weighted by Crippen LogP contribution is 2.20. The highest BCUT2D eigenvalue weighted by atomic mass is 32.2. The Hall–Kier alpha value is -1.72. The molecule has 5 heteroatoms. The number of sulfone groups is 1. The molecule has 0 spiro atoms. The van der Waals surface area contributed by atoms with Gasteiger partial charge in [-0.1, -0.05) is 18.2 Å². The van der Waals surface area contributed by atoms with Gasteiger partial charge in [0, 0.05) is 24.6 Å². The smallest absolute Gasteiger partial charge is 0.175 e. The van der Waals surface area contributed by atoms with Crippen molar-refractivity contribution in [1.82, 2.24) is 9.88 Å². The first-order valence-electron chi connectivity index (χ1n) is 7.50. The lowest BCUT2D eigenvalue weighted by Gasteiger charge is -2.14.